The molecular weight excluding hydrogens is 386 g/mol. The molecule has 3 aromatic rings. The highest BCUT2D eigenvalue weighted by atomic mass is 32.2. The third kappa shape index (κ3) is 3.03. The molecule has 0 saturated carbocycles. The van der Waals surface area contributed by atoms with Gasteiger partial charge in [0.1, 0.15) is 10.9 Å². The van der Waals surface area contributed by atoms with E-state index in [1.807, 2.05) is 16.3 Å². The summed E-state index contributed by atoms with van der Waals surface area (Å²) in [7, 11) is -3.67. The summed E-state index contributed by atoms with van der Waals surface area (Å²) in [6, 6.07) is 7.25. The molecule has 27 heavy (non-hydrogen) atoms. The molecule has 1 saturated heterocycles. The van der Waals surface area contributed by atoms with E-state index in [0.717, 1.165) is 5.69 Å². The molecule has 0 radical (unpaired) electrons. The van der Waals surface area contributed by atoms with Gasteiger partial charge in [-0.1, -0.05) is 0 Å². The molecule has 2 aromatic heterocycles. The van der Waals surface area contributed by atoms with Crippen LogP contribution in [0.3, 0.4) is 0 Å². The number of hydrogen-bond acceptors (Lipinski definition) is 6. The van der Waals surface area contributed by atoms with E-state index in [1.165, 1.54) is 21.7 Å². The Balaban J connectivity index is 1.60. The van der Waals surface area contributed by atoms with E-state index >= 15 is 0 Å². The van der Waals surface area contributed by atoms with Crippen LogP contribution in [0.4, 0.5) is 5.69 Å². The zero-order valence-electron chi connectivity index (χ0n) is 14.5. The summed E-state index contributed by atoms with van der Waals surface area (Å²) in [6.07, 6.45) is 0. The second kappa shape index (κ2) is 6.53. The first-order valence-electron chi connectivity index (χ1n) is 8.35. The van der Waals surface area contributed by atoms with Gasteiger partial charge in [-0.2, -0.15) is 9.57 Å². The van der Waals surface area contributed by atoms with Crippen LogP contribution in [0, 0.1) is 18.3 Å². The number of fused-ring (bicyclic) bond motifs is 1. The zero-order chi connectivity index (χ0) is 19.2. The quantitative estimate of drug-likeness (QED) is 0.690. The highest BCUT2D eigenvalue weighted by Crippen LogP contribution is 2.29. The van der Waals surface area contributed by atoms with Crippen LogP contribution in [-0.4, -0.2) is 48.9 Å². The second-order valence-electron chi connectivity index (χ2n) is 6.38. The summed E-state index contributed by atoms with van der Waals surface area (Å²) in [6.45, 7) is 3.44. The topological polar surface area (TPSA) is 113 Å². The largest absolute Gasteiger partial charge is 0.367 e. The molecule has 1 aromatic carbocycles. The predicted octanol–water partition coefficient (Wildman–Crippen LogP) is 1.61. The number of rotatable bonds is 3. The lowest BCUT2D eigenvalue weighted by molar-refractivity contribution is 0.385. The Morgan fingerprint density at radius 1 is 1.15 bits per heavy atom. The maximum Gasteiger partial charge on any atom is 0.323 e. The monoisotopic (exact) mass is 403 g/mol. The molecule has 2 N–H and O–H groups in total. The van der Waals surface area contributed by atoms with Crippen molar-refractivity contribution in [2.24, 2.45) is 0 Å². The van der Waals surface area contributed by atoms with Crippen LogP contribution in [0.25, 0.3) is 11.0 Å². The third-order valence-electron chi connectivity index (χ3n) is 4.75. The van der Waals surface area contributed by atoms with E-state index in [2.05, 4.69) is 16.0 Å². The summed E-state index contributed by atoms with van der Waals surface area (Å²) >= 11 is 1.38. The number of nitriles is 1. The number of anilines is 1. The number of nitrogens with zero attached hydrogens (tertiary/aromatic N) is 3. The molecule has 4 rings (SSSR count). The highest BCUT2D eigenvalue weighted by molar-refractivity contribution is 7.89. The first kappa shape index (κ1) is 17.8. The van der Waals surface area contributed by atoms with E-state index < -0.39 is 10.0 Å². The first-order chi connectivity index (χ1) is 12.9. The van der Waals surface area contributed by atoms with Crippen molar-refractivity contribution >= 4 is 38.1 Å². The highest BCUT2D eigenvalue weighted by Gasteiger charge is 2.30. The van der Waals surface area contributed by atoms with Gasteiger partial charge in [0, 0.05) is 26.2 Å². The number of aryl methyl sites for hydroxylation is 1. The van der Waals surface area contributed by atoms with Crippen molar-refractivity contribution in [1.82, 2.24) is 14.3 Å². The first-order valence-corrected chi connectivity index (χ1v) is 10.7. The van der Waals surface area contributed by atoms with Gasteiger partial charge >= 0.3 is 5.69 Å². The molecule has 1 fully saturated rings. The maximum absolute atomic E-state index is 13.1. The van der Waals surface area contributed by atoms with Gasteiger partial charge in [0.05, 0.1) is 21.6 Å². The number of benzene rings is 1. The van der Waals surface area contributed by atoms with Crippen LogP contribution in [0.5, 0.6) is 0 Å². The van der Waals surface area contributed by atoms with Crippen molar-refractivity contribution in [3.05, 3.63) is 44.5 Å². The number of aromatic amines is 2. The molecular formula is C17H17N5O3S2. The molecule has 0 bridgehead atoms. The lowest BCUT2D eigenvalue weighted by Crippen LogP contribution is -2.48. The zero-order valence-corrected chi connectivity index (χ0v) is 16.2. The molecule has 0 aliphatic carbocycles. The lowest BCUT2D eigenvalue weighted by Gasteiger charge is -2.35. The van der Waals surface area contributed by atoms with Gasteiger partial charge in [-0.05, 0) is 36.1 Å². The van der Waals surface area contributed by atoms with Gasteiger partial charge in [-0.15, -0.1) is 11.3 Å². The van der Waals surface area contributed by atoms with E-state index in [0.29, 0.717) is 47.7 Å². The molecule has 0 amide bonds. The lowest BCUT2D eigenvalue weighted by atomic mass is 10.2. The predicted molar refractivity (Wildman–Crippen MR) is 104 cm³/mol. The van der Waals surface area contributed by atoms with Gasteiger partial charge in [0.25, 0.3) is 0 Å². The molecule has 1 aliphatic rings. The van der Waals surface area contributed by atoms with Crippen molar-refractivity contribution in [1.29, 1.82) is 5.26 Å². The van der Waals surface area contributed by atoms with E-state index in [-0.39, 0.29) is 10.6 Å². The minimum atomic E-state index is -3.67. The van der Waals surface area contributed by atoms with Crippen LogP contribution in [0.2, 0.25) is 0 Å². The summed E-state index contributed by atoms with van der Waals surface area (Å²) in [4.78, 5) is 19.6. The van der Waals surface area contributed by atoms with E-state index in [4.69, 9.17) is 0 Å². The molecule has 3 heterocycles. The molecule has 1 aliphatic heterocycles. The molecule has 140 valence electrons. The van der Waals surface area contributed by atoms with Gasteiger partial charge in [-0.25, -0.2) is 13.2 Å². The molecule has 0 atom stereocenters. The van der Waals surface area contributed by atoms with Crippen LogP contribution in [-0.2, 0) is 10.0 Å². The summed E-state index contributed by atoms with van der Waals surface area (Å²) in [5, 5.41) is 11.1. The normalized spacial score (nSPS) is 15.9. The Hall–Kier alpha value is -2.61. The Bertz CT molecular complexity index is 1210. The van der Waals surface area contributed by atoms with E-state index in [9.17, 15) is 18.5 Å². The smallest absolute Gasteiger partial charge is 0.323 e. The van der Waals surface area contributed by atoms with Gasteiger partial charge in [0.2, 0.25) is 10.0 Å². The SMILES string of the molecule is Cc1cc2[nH]c(=O)[nH]c2cc1S(=O)(=O)N1CCN(c2ccsc2C#N)CC1. The van der Waals surface area contributed by atoms with Gasteiger partial charge < -0.3 is 14.9 Å². The fraction of sp³-hybridized carbons (Fsp3) is 0.294. The fourth-order valence-electron chi connectivity index (χ4n) is 3.39. The molecule has 0 spiro atoms. The minimum absolute atomic E-state index is 0.201. The average molecular weight is 403 g/mol. The maximum atomic E-state index is 13.1. The van der Waals surface area contributed by atoms with Crippen LogP contribution in [0.15, 0.2) is 33.3 Å². The van der Waals surface area contributed by atoms with Crippen molar-refractivity contribution in [3.8, 4) is 6.07 Å². The van der Waals surface area contributed by atoms with Crippen molar-refractivity contribution in [2.75, 3.05) is 31.1 Å². The average Bonchev–Trinajstić information content (AvgIpc) is 3.26. The van der Waals surface area contributed by atoms with Crippen LogP contribution >= 0.6 is 11.3 Å². The molecule has 0 unspecified atom stereocenters. The number of aromatic nitrogens is 2. The molecule has 10 heteroatoms. The second-order valence-corrected chi connectivity index (χ2v) is 9.20. The summed E-state index contributed by atoms with van der Waals surface area (Å²) < 4.78 is 27.7. The van der Waals surface area contributed by atoms with E-state index in [1.54, 1.807) is 13.0 Å². The van der Waals surface area contributed by atoms with Crippen LogP contribution < -0.4 is 10.6 Å². The number of H-pyrrole nitrogens is 2. The van der Waals surface area contributed by atoms with Crippen molar-refractivity contribution < 1.29 is 8.42 Å². The minimum Gasteiger partial charge on any atom is -0.367 e. The molecule has 8 nitrogen and oxygen atoms in total. The Labute approximate surface area is 159 Å². The Kier molecular flexibility index (Phi) is 4.30. The van der Waals surface area contributed by atoms with Crippen molar-refractivity contribution in [2.45, 2.75) is 11.8 Å². The Morgan fingerprint density at radius 2 is 1.81 bits per heavy atom. The fourth-order valence-corrected chi connectivity index (χ4v) is 5.75. The number of hydrogen-bond donors (Lipinski definition) is 2. The van der Waals surface area contributed by atoms with Gasteiger partial charge in [0.15, 0.2) is 0 Å². The number of thiophene rings is 1. The number of imidazole rings is 1. The Morgan fingerprint density at radius 3 is 2.48 bits per heavy atom. The summed E-state index contributed by atoms with van der Waals surface area (Å²) in [5.74, 6) is 0. The number of sulfonamides is 1. The standard InChI is InChI=1S/C17H17N5O3S2/c1-11-8-12-13(20-17(23)19-12)9-16(11)27(24,25)22-5-3-21(4-6-22)14-2-7-26-15(14)10-18/h2,7-9H,3-6H2,1H3,(H2,19,20,23). The van der Waals surface area contributed by atoms with Gasteiger partial charge in [-0.3, -0.25) is 0 Å². The summed E-state index contributed by atoms with van der Waals surface area (Å²) in [5.41, 5.74) is 2.14. The number of nitrogens with one attached hydrogen (secondary N) is 2. The van der Waals surface area contributed by atoms with Crippen LogP contribution in [0.1, 0.15) is 10.4 Å². The number of piperazine rings is 1. The van der Waals surface area contributed by atoms with Crippen molar-refractivity contribution in [3.63, 3.8) is 0 Å². The third-order valence-corrected chi connectivity index (χ3v) is 7.60.